The van der Waals surface area contributed by atoms with Crippen LogP contribution in [0, 0.1) is 6.92 Å². The van der Waals surface area contributed by atoms with E-state index in [2.05, 4.69) is 0 Å². The van der Waals surface area contributed by atoms with Gasteiger partial charge in [-0.05, 0) is 18.9 Å². The molecule has 1 aliphatic rings. The Hall–Kier alpha value is -2.07. The minimum Gasteiger partial charge on any atom is -0.469 e. The van der Waals surface area contributed by atoms with Gasteiger partial charge in [-0.2, -0.15) is 0 Å². The fraction of sp³-hybridized carbons (Fsp3) is 0.294. The van der Waals surface area contributed by atoms with Crippen molar-refractivity contribution in [3.63, 3.8) is 0 Å². The van der Waals surface area contributed by atoms with Gasteiger partial charge in [-0.25, -0.2) is 0 Å². The highest BCUT2D eigenvalue weighted by Gasteiger charge is 2.37. The SMILES string of the molecule is COC(=O)C1CCn2c(C(=O)c3ccccc3)c(C)c(Cl)c21. The molecule has 1 unspecified atom stereocenters. The van der Waals surface area contributed by atoms with E-state index in [-0.39, 0.29) is 11.8 Å². The number of aromatic nitrogens is 1. The van der Waals surface area contributed by atoms with E-state index in [0.717, 1.165) is 5.56 Å². The zero-order valence-corrected chi connectivity index (χ0v) is 13.2. The van der Waals surface area contributed by atoms with Crippen LogP contribution in [0.1, 0.15) is 39.6 Å². The number of ether oxygens (including phenoxy) is 1. The largest absolute Gasteiger partial charge is 0.469 e. The van der Waals surface area contributed by atoms with Crippen LogP contribution in [0.2, 0.25) is 5.02 Å². The van der Waals surface area contributed by atoms with Crippen molar-refractivity contribution in [1.82, 2.24) is 4.57 Å². The van der Waals surface area contributed by atoms with Crippen LogP contribution in [0.4, 0.5) is 0 Å². The lowest BCUT2D eigenvalue weighted by Gasteiger charge is -2.07. The molecule has 1 aromatic carbocycles. The molecule has 0 saturated heterocycles. The lowest BCUT2D eigenvalue weighted by molar-refractivity contribution is -0.142. The number of benzene rings is 1. The first kappa shape index (κ1) is 14.9. The van der Waals surface area contributed by atoms with Crippen LogP contribution in [-0.2, 0) is 16.1 Å². The highest BCUT2D eigenvalue weighted by Crippen LogP contribution is 2.40. The Labute approximate surface area is 133 Å². The number of carbonyl (C=O) groups is 2. The molecular weight excluding hydrogens is 302 g/mol. The molecular formula is C17H16ClNO3. The van der Waals surface area contributed by atoms with Gasteiger partial charge in [-0.15, -0.1) is 0 Å². The molecule has 114 valence electrons. The topological polar surface area (TPSA) is 48.3 Å². The number of ketones is 1. The molecule has 3 rings (SSSR count). The summed E-state index contributed by atoms with van der Waals surface area (Å²) in [4.78, 5) is 24.7. The highest BCUT2D eigenvalue weighted by molar-refractivity contribution is 6.33. The summed E-state index contributed by atoms with van der Waals surface area (Å²) in [5, 5.41) is 0.493. The number of hydrogen-bond donors (Lipinski definition) is 0. The van der Waals surface area contributed by atoms with Crippen molar-refractivity contribution in [2.75, 3.05) is 7.11 Å². The first-order chi connectivity index (χ1) is 10.6. The molecule has 5 heteroatoms. The zero-order chi connectivity index (χ0) is 15.9. The van der Waals surface area contributed by atoms with Crippen molar-refractivity contribution in [3.8, 4) is 0 Å². The van der Waals surface area contributed by atoms with Gasteiger partial charge in [0.2, 0.25) is 5.78 Å². The van der Waals surface area contributed by atoms with Gasteiger partial charge >= 0.3 is 5.97 Å². The van der Waals surface area contributed by atoms with Crippen LogP contribution in [0.3, 0.4) is 0 Å². The maximum atomic E-state index is 12.8. The average molecular weight is 318 g/mol. The Morgan fingerprint density at radius 3 is 2.59 bits per heavy atom. The van der Waals surface area contributed by atoms with Crippen molar-refractivity contribution in [3.05, 3.63) is 57.9 Å². The summed E-state index contributed by atoms with van der Waals surface area (Å²) in [7, 11) is 1.37. The number of methoxy groups -OCH3 is 1. The fourth-order valence-corrected chi connectivity index (χ4v) is 3.42. The molecule has 1 aliphatic heterocycles. The number of carbonyl (C=O) groups excluding carboxylic acids is 2. The van der Waals surface area contributed by atoms with Gasteiger partial charge in [0, 0.05) is 12.1 Å². The predicted molar refractivity (Wildman–Crippen MR) is 83.4 cm³/mol. The summed E-state index contributed by atoms with van der Waals surface area (Å²) in [5.41, 5.74) is 2.60. The first-order valence-electron chi connectivity index (χ1n) is 7.12. The predicted octanol–water partition coefficient (Wildman–Crippen LogP) is 3.34. The van der Waals surface area contributed by atoms with Crippen LogP contribution < -0.4 is 0 Å². The Bertz CT molecular complexity index is 749. The van der Waals surface area contributed by atoms with E-state index in [1.807, 2.05) is 29.7 Å². The number of nitrogens with zero attached hydrogens (tertiary/aromatic N) is 1. The lowest BCUT2D eigenvalue weighted by Crippen LogP contribution is -2.12. The van der Waals surface area contributed by atoms with E-state index < -0.39 is 5.92 Å². The Morgan fingerprint density at radius 2 is 1.95 bits per heavy atom. The summed E-state index contributed by atoms with van der Waals surface area (Å²) >= 11 is 6.41. The molecule has 4 nitrogen and oxygen atoms in total. The monoisotopic (exact) mass is 317 g/mol. The van der Waals surface area contributed by atoms with Gasteiger partial charge < -0.3 is 9.30 Å². The second-order valence-electron chi connectivity index (χ2n) is 5.38. The van der Waals surface area contributed by atoms with Crippen LogP contribution in [0.5, 0.6) is 0 Å². The minimum absolute atomic E-state index is 0.0724. The van der Waals surface area contributed by atoms with Gasteiger partial charge in [0.1, 0.15) is 5.92 Å². The number of esters is 1. The molecule has 0 radical (unpaired) electrons. The summed E-state index contributed by atoms with van der Waals surface area (Å²) in [6, 6.07) is 9.09. The smallest absolute Gasteiger partial charge is 0.314 e. The summed E-state index contributed by atoms with van der Waals surface area (Å²) < 4.78 is 6.71. The molecule has 0 spiro atoms. The number of fused-ring (bicyclic) bond motifs is 1. The van der Waals surface area contributed by atoms with E-state index in [9.17, 15) is 9.59 Å². The van der Waals surface area contributed by atoms with Gasteiger partial charge in [0.05, 0.1) is 23.5 Å². The zero-order valence-electron chi connectivity index (χ0n) is 12.4. The van der Waals surface area contributed by atoms with E-state index in [4.69, 9.17) is 16.3 Å². The fourth-order valence-electron chi connectivity index (χ4n) is 3.10. The standard InChI is InChI=1S/C17H16ClNO3/c1-10-13(18)15-12(17(21)22-2)8-9-19(15)14(10)16(20)11-6-4-3-5-7-11/h3-7,12H,8-9H2,1-2H3. The maximum absolute atomic E-state index is 12.8. The van der Waals surface area contributed by atoms with E-state index in [0.29, 0.717) is 34.9 Å². The lowest BCUT2D eigenvalue weighted by atomic mass is 10.0. The first-order valence-corrected chi connectivity index (χ1v) is 7.50. The second kappa shape index (κ2) is 5.61. The number of halogens is 1. The molecule has 0 bridgehead atoms. The van der Waals surface area contributed by atoms with E-state index >= 15 is 0 Å². The van der Waals surface area contributed by atoms with E-state index in [1.54, 1.807) is 12.1 Å². The molecule has 0 aliphatic carbocycles. The van der Waals surface area contributed by atoms with Crippen molar-refractivity contribution >= 4 is 23.4 Å². The summed E-state index contributed by atoms with van der Waals surface area (Å²) in [6.07, 6.45) is 0.608. The number of rotatable bonds is 3. The van der Waals surface area contributed by atoms with Gasteiger partial charge in [-0.3, -0.25) is 9.59 Å². The normalized spacial score (nSPS) is 16.4. The molecule has 0 amide bonds. The molecule has 22 heavy (non-hydrogen) atoms. The number of hydrogen-bond acceptors (Lipinski definition) is 3. The molecule has 1 atom stereocenters. The molecule has 0 fully saturated rings. The van der Waals surface area contributed by atoms with Crippen molar-refractivity contribution in [2.45, 2.75) is 25.8 Å². The molecule has 0 saturated carbocycles. The minimum atomic E-state index is -0.395. The molecule has 2 heterocycles. The maximum Gasteiger partial charge on any atom is 0.314 e. The average Bonchev–Trinajstić information content (AvgIpc) is 3.07. The second-order valence-corrected chi connectivity index (χ2v) is 5.76. The third kappa shape index (κ3) is 2.15. The van der Waals surface area contributed by atoms with Crippen LogP contribution >= 0.6 is 11.6 Å². The molecule has 0 N–H and O–H groups in total. The Kier molecular flexibility index (Phi) is 3.79. The molecule has 2 aromatic rings. The van der Waals surface area contributed by atoms with Crippen molar-refractivity contribution < 1.29 is 14.3 Å². The quantitative estimate of drug-likeness (QED) is 0.644. The van der Waals surface area contributed by atoms with Gasteiger partial charge in [0.25, 0.3) is 0 Å². The van der Waals surface area contributed by atoms with Crippen LogP contribution in [0.25, 0.3) is 0 Å². The van der Waals surface area contributed by atoms with Gasteiger partial charge in [-0.1, -0.05) is 41.9 Å². The molecule has 1 aromatic heterocycles. The van der Waals surface area contributed by atoms with E-state index in [1.165, 1.54) is 7.11 Å². The summed E-state index contributed by atoms with van der Waals surface area (Å²) in [5.74, 6) is -0.776. The van der Waals surface area contributed by atoms with Crippen LogP contribution in [0.15, 0.2) is 30.3 Å². The highest BCUT2D eigenvalue weighted by atomic mass is 35.5. The van der Waals surface area contributed by atoms with Crippen molar-refractivity contribution in [1.29, 1.82) is 0 Å². The third-order valence-corrected chi connectivity index (χ3v) is 4.66. The Balaban J connectivity index is 2.11. The Morgan fingerprint density at radius 1 is 1.27 bits per heavy atom. The van der Waals surface area contributed by atoms with Crippen LogP contribution in [-0.4, -0.2) is 23.4 Å². The van der Waals surface area contributed by atoms with Gasteiger partial charge in [0.15, 0.2) is 0 Å². The summed E-state index contributed by atoms with van der Waals surface area (Å²) in [6.45, 7) is 2.41. The third-order valence-electron chi connectivity index (χ3n) is 4.18. The van der Waals surface area contributed by atoms with Crippen molar-refractivity contribution in [2.24, 2.45) is 0 Å².